The second-order valence-electron chi connectivity index (χ2n) is 4.92. The molecule has 0 aliphatic rings. The van der Waals surface area contributed by atoms with Gasteiger partial charge in [0.2, 0.25) is 0 Å². The van der Waals surface area contributed by atoms with E-state index in [1.54, 1.807) is 13.2 Å². The van der Waals surface area contributed by atoms with Crippen molar-refractivity contribution in [3.63, 3.8) is 0 Å². The average molecular weight is 308 g/mol. The van der Waals surface area contributed by atoms with Crippen LogP contribution in [0.5, 0.6) is 11.5 Å². The second-order valence-corrected chi connectivity index (χ2v) is 4.92. The van der Waals surface area contributed by atoms with E-state index in [2.05, 4.69) is 4.98 Å². The Morgan fingerprint density at radius 2 is 1.68 bits per heavy atom. The van der Waals surface area contributed by atoms with E-state index in [1.807, 2.05) is 19.1 Å². The van der Waals surface area contributed by atoms with Gasteiger partial charge in [0.1, 0.15) is 5.69 Å². The first-order chi connectivity index (χ1) is 10.5. The van der Waals surface area contributed by atoms with Crippen LogP contribution in [0.25, 0.3) is 0 Å². The molecule has 0 amide bonds. The number of hydrogen-bond donors (Lipinski definition) is 0. The molecule has 22 heavy (non-hydrogen) atoms. The maximum Gasteiger partial charge on any atom is 0.191 e. The van der Waals surface area contributed by atoms with Crippen LogP contribution < -0.4 is 14.4 Å². The second kappa shape index (κ2) is 6.60. The van der Waals surface area contributed by atoms with Gasteiger partial charge in [0, 0.05) is 31.5 Å². The van der Waals surface area contributed by atoms with E-state index >= 15 is 0 Å². The molecule has 4 nitrogen and oxygen atoms in total. The van der Waals surface area contributed by atoms with Gasteiger partial charge in [-0.1, -0.05) is 6.07 Å². The Balaban J connectivity index is 2.39. The van der Waals surface area contributed by atoms with E-state index < -0.39 is 11.6 Å². The summed E-state index contributed by atoms with van der Waals surface area (Å²) in [6.07, 6.45) is 1.68. The molecule has 1 aromatic heterocycles. The molecule has 0 fully saturated rings. The minimum Gasteiger partial charge on any atom is -0.493 e. The molecule has 2 aromatic rings. The first-order valence-electron chi connectivity index (χ1n) is 6.70. The van der Waals surface area contributed by atoms with Gasteiger partial charge in [-0.05, 0) is 18.6 Å². The Morgan fingerprint density at radius 1 is 1.09 bits per heavy atom. The standard InChI is InChI=1S/C16H18F2N2O2/c1-10-5-6-11(8-19-10)9-20(2)16-14(17)12(21-3)7-13(22-4)15(16)18/h5-8H,9H2,1-4H3. The summed E-state index contributed by atoms with van der Waals surface area (Å²) in [4.78, 5) is 5.63. The minimum absolute atomic E-state index is 0.0675. The highest BCUT2D eigenvalue weighted by Crippen LogP contribution is 2.37. The van der Waals surface area contributed by atoms with E-state index in [9.17, 15) is 8.78 Å². The first-order valence-corrected chi connectivity index (χ1v) is 6.70. The van der Waals surface area contributed by atoms with Crippen LogP contribution in [0.3, 0.4) is 0 Å². The zero-order chi connectivity index (χ0) is 16.3. The highest BCUT2D eigenvalue weighted by Gasteiger charge is 2.23. The highest BCUT2D eigenvalue weighted by molar-refractivity contribution is 5.58. The molecule has 0 atom stereocenters. The van der Waals surface area contributed by atoms with Crippen molar-refractivity contribution in [1.29, 1.82) is 0 Å². The zero-order valence-corrected chi connectivity index (χ0v) is 13.0. The molecule has 0 aliphatic carbocycles. The van der Waals surface area contributed by atoms with Crippen molar-refractivity contribution in [2.24, 2.45) is 0 Å². The number of nitrogens with zero attached hydrogens (tertiary/aromatic N) is 2. The third kappa shape index (κ3) is 3.10. The Morgan fingerprint density at radius 3 is 2.14 bits per heavy atom. The van der Waals surface area contributed by atoms with E-state index in [1.165, 1.54) is 25.2 Å². The zero-order valence-electron chi connectivity index (χ0n) is 13.0. The van der Waals surface area contributed by atoms with Crippen LogP contribution in [0.2, 0.25) is 0 Å². The first kappa shape index (κ1) is 16.0. The predicted octanol–water partition coefficient (Wildman–Crippen LogP) is 3.32. The molecule has 0 spiro atoms. The fraction of sp³-hybridized carbons (Fsp3) is 0.312. The molecule has 0 unspecified atom stereocenters. The van der Waals surface area contributed by atoms with E-state index in [0.717, 1.165) is 11.3 Å². The van der Waals surface area contributed by atoms with Crippen molar-refractivity contribution in [3.05, 3.63) is 47.3 Å². The summed E-state index contributed by atoms with van der Waals surface area (Å²) in [6.45, 7) is 2.18. The third-order valence-corrected chi connectivity index (χ3v) is 3.32. The molecule has 0 saturated heterocycles. The largest absolute Gasteiger partial charge is 0.493 e. The Hall–Kier alpha value is -2.37. The Bertz CT molecular complexity index is 632. The maximum absolute atomic E-state index is 14.4. The van der Waals surface area contributed by atoms with Crippen LogP contribution in [0.4, 0.5) is 14.5 Å². The lowest BCUT2D eigenvalue weighted by molar-refractivity contribution is 0.358. The summed E-state index contributed by atoms with van der Waals surface area (Å²) >= 11 is 0. The number of anilines is 1. The van der Waals surface area contributed by atoms with Gasteiger partial charge in [0.05, 0.1) is 14.2 Å². The van der Waals surface area contributed by atoms with Crippen LogP contribution in [0, 0.1) is 18.6 Å². The quantitative estimate of drug-likeness (QED) is 0.848. The van der Waals surface area contributed by atoms with Crippen LogP contribution in [-0.4, -0.2) is 26.3 Å². The molecule has 6 heteroatoms. The Kier molecular flexibility index (Phi) is 4.80. The third-order valence-electron chi connectivity index (χ3n) is 3.32. The van der Waals surface area contributed by atoms with Crippen molar-refractivity contribution < 1.29 is 18.3 Å². The predicted molar refractivity (Wildman–Crippen MR) is 80.5 cm³/mol. The summed E-state index contributed by atoms with van der Waals surface area (Å²) in [5.74, 6) is -1.66. The van der Waals surface area contributed by atoms with Crippen LogP contribution in [0.15, 0.2) is 24.4 Å². The monoisotopic (exact) mass is 308 g/mol. The fourth-order valence-corrected chi connectivity index (χ4v) is 2.15. The number of benzene rings is 1. The fourth-order valence-electron chi connectivity index (χ4n) is 2.15. The summed E-state index contributed by atoms with van der Waals surface area (Å²) in [7, 11) is 4.24. The van der Waals surface area contributed by atoms with Gasteiger partial charge >= 0.3 is 0 Å². The van der Waals surface area contributed by atoms with Gasteiger partial charge in [-0.25, -0.2) is 8.78 Å². The molecule has 2 rings (SSSR count). The lowest BCUT2D eigenvalue weighted by atomic mass is 10.2. The lowest BCUT2D eigenvalue weighted by Gasteiger charge is -2.22. The summed E-state index contributed by atoms with van der Waals surface area (Å²) in [6, 6.07) is 4.91. The van der Waals surface area contributed by atoms with Gasteiger partial charge in [-0.2, -0.15) is 0 Å². The molecule has 0 saturated carbocycles. The van der Waals surface area contributed by atoms with Gasteiger partial charge in [0.25, 0.3) is 0 Å². The molecular formula is C16H18F2N2O2. The minimum atomic E-state index is -0.761. The van der Waals surface area contributed by atoms with Gasteiger partial charge < -0.3 is 14.4 Å². The van der Waals surface area contributed by atoms with Crippen molar-refractivity contribution >= 4 is 5.69 Å². The summed E-state index contributed by atoms with van der Waals surface area (Å²) < 4.78 is 38.7. The molecule has 0 aliphatic heterocycles. The number of methoxy groups -OCH3 is 2. The van der Waals surface area contributed by atoms with Gasteiger partial charge in [-0.15, -0.1) is 0 Å². The normalized spacial score (nSPS) is 10.5. The van der Waals surface area contributed by atoms with E-state index in [-0.39, 0.29) is 17.2 Å². The molecule has 1 aromatic carbocycles. The van der Waals surface area contributed by atoms with E-state index in [0.29, 0.717) is 6.54 Å². The number of aryl methyl sites for hydroxylation is 1. The number of pyridine rings is 1. The summed E-state index contributed by atoms with van der Waals surface area (Å²) in [5.41, 5.74) is 1.53. The van der Waals surface area contributed by atoms with Crippen LogP contribution >= 0.6 is 0 Å². The van der Waals surface area contributed by atoms with Crippen molar-refractivity contribution in [2.75, 3.05) is 26.2 Å². The van der Waals surface area contributed by atoms with Gasteiger partial charge in [0.15, 0.2) is 23.1 Å². The molecular weight excluding hydrogens is 290 g/mol. The van der Waals surface area contributed by atoms with Crippen molar-refractivity contribution in [2.45, 2.75) is 13.5 Å². The Labute approximate surface area is 128 Å². The number of rotatable bonds is 5. The van der Waals surface area contributed by atoms with Crippen molar-refractivity contribution in [1.82, 2.24) is 4.98 Å². The van der Waals surface area contributed by atoms with Crippen LogP contribution in [0.1, 0.15) is 11.3 Å². The van der Waals surface area contributed by atoms with Gasteiger partial charge in [-0.3, -0.25) is 4.98 Å². The highest BCUT2D eigenvalue weighted by atomic mass is 19.1. The molecule has 0 N–H and O–H groups in total. The molecule has 0 bridgehead atoms. The van der Waals surface area contributed by atoms with E-state index in [4.69, 9.17) is 9.47 Å². The van der Waals surface area contributed by atoms with Crippen molar-refractivity contribution in [3.8, 4) is 11.5 Å². The lowest BCUT2D eigenvalue weighted by Crippen LogP contribution is -2.20. The molecule has 0 radical (unpaired) electrons. The average Bonchev–Trinajstić information content (AvgIpc) is 2.50. The number of aromatic nitrogens is 1. The molecule has 1 heterocycles. The topological polar surface area (TPSA) is 34.6 Å². The smallest absolute Gasteiger partial charge is 0.191 e. The number of ether oxygens (including phenoxy) is 2. The maximum atomic E-state index is 14.4. The SMILES string of the molecule is COc1cc(OC)c(F)c(N(C)Cc2ccc(C)nc2)c1F. The number of halogens is 2. The molecule has 118 valence electrons. The summed E-state index contributed by atoms with van der Waals surface area (Å²) in [5, 5.41) is 0. The van der Waals surface area contributed by atoms with Crippen LogP contribution in [-0.2, 0) is 6.54 Å². The number of hydrogen-bond acceptors (Lipinski definition) is 4.